The first kappa shape index (κ1) is 15.3. The number of aliphatic hydroxyl groups is 1. The number of aliphatic hydroxyl groups excluding tert-OH is 1. The van der Waals surface area contributed by atoms with E-state index in [0.29, 0.717) is 6.61 Å². The third-order valence-electron chi connectivity index (χ3n) is 3.35. The van der Waals surface area contributed by atoms with Crippen LogP contribution in [0.4, 0.5) is 0 Å². The van der Waals surface area contributed by atoms with Gasteiger partial charge in [-0.1, -0.05) is 23.7 Å². The first-order valence-electron chi connectivity index (χ1n) is 6.61. The number of hydrogen-bond acceptors (Lipinski definition) is 4. The zero-order valence-corrected chi connectivity index (χ0v) is 12.5. The van der Waals surface area contributed by atoms with Crippen molar-refractivity contribution in [2.24, 2.45) is 4.99 Å². The molecule has 1 aliphatic heterocycles. The lowest BCUT2D eigenvalue weighted by Crippen LogP contribution is -2.40. The van der Waals surface area contributed by atoms with Crippen molar-refractivity contribution in [3.63, 3.8) is 0 Å². The van der Waals surface area contributed by atoms with Gasteiger partial charge in [0.15, 0.2) is 6.35 Å². The standard InChI is InChI=1S/C14H20ClN3O2/c1-10-13(16-2)17-14(20-8-7-19)18(10)9-11-3-5-12(15)6-4-11/h3-6,10,14,19H,7-9H2,1-2H3,(H,16,17). The minimum Gasteiger partial charge on any atom is -0.394 e. The van der Waals surface area contributed by atoms with Crippen LogP contribution in [-0.4, -0.2) is 48.5 Å². The number of nitrogens with one attached hydrogen (secondary N) is 1. The second-order valence-electron chi connectivity index (χ2n) is 4.67. The van der Waals surface area contributed by atoms with E-state index in [4.69, 9.17) is 21.4 Å². The largest absolute Gasteiger partial charge is 0.394 e. The summed E-state index contributed by atoms with van der Waals surface area (Å²) in [6.07, 6.45) is -0.272. The van der Waals surface area contributed by atoms with Gasteiger partial charge in [0, 0.05) is 18.6 Å². The van der Waals surface area contributed by atoms with Gasteiger partial charge in [-0.25, -0.2) is 4.90 Å². The Morgan fingerprint density at radius 1 is 1.40 bits per heavy atom. The summed E-state index contributed by atoms with van der Waals surface area (Å²) in [7, 11) is 1.76. The van der Waals surface area contributed by atoms with Crippen LogP contribution in [0.2, 0.25) is 5.02 Å². The Bertz CT molecular complexity index is 464. The van der Waals surface area contributed by atoms with Crippen molar-refractivity contribution in [2.75, 3.05) is 20.3 Å². The highest BCUT2D eigenvalue weighted by molar-refractivity contribution is 6.30. The van der Waals surface area contributed by atoms with Crippen LogP contribution < -0.4 is 5.32 Å². The number of amidine groups is 1. The number of aliphatic imine (C=N–C) groups is 1. The fraction of sp³-hybridized carbons (Fsp3) is 0.500. The molecule has 0 amide bonds. The fourth-order valence-corrected chi connectivity index (χ4v) is 2.39. The molecule has 0 aliphatic carbocycles. The van der Waals surface area contributed by atoms with E-state index < -0.39 is 0 Å². The second kappa shape index (κ2) is 7.04. The molecule has 1 aromatic rings. The van der Waals surface area contributed by atoms with E-state index in [1.165, 1.54) is 0 Å². The van der Waals surface area contributed by atoms with Gasteiger partial charge in [-0.3, -0.25) is 4.99 Å². The Hall–Kier alpha value is -1.14. The normalized spacial score (nSPS) is 25.1. The van der Waals surface area contributed by atoms with Crippen LogP contribution in [0.1, 0.15) is 12.5 Å². The van der Waals surface area contributed by atoms with E-state index in [9.17, 15) is 0 Å². The maximum atomic E-state index is 8.91. The number of halogens is 1. The summed E-state index contributed by atoms with van der Waals surface area (Å²) in [5, 5.41) is 12.9. The van der Waals surface area contributed by atoms with Gasteiger partial charge in [-0.05, 0) is 24.6 Å². The predicted molar refractivity (Wildman–Crippen MR) is 79.8 cm³/mol. The van der Waals surface area contributed by atoms with Crippen molar-refractivity contribution in [1.82, 2.24) is 10.2 Å². The molecular formula is C14H20ClN3O2. The maximum absolute atomic E-state index is 8.91. The molecule has 0 radical (unpaired) electrons. The summed E-state index contributed by atoms with van der Waals surface area (Å²) < 4.78 is 5.62. The van der Waals surface area contributed by atoms with Gasteiger partial charge in [0.1, 0.15) is 5.84 Å². The summed E-state index contributed by atoms with van der Waals surface area (Å²) >= 11 is 5.90. The molecule has 2 rings (SSSR count). The van der Waals surface area contributed by atoms with Gasteiger partial charge in [-0.15, -0.1) is 0 Å². The van der Waals surface area contributed by atoms with Gasteiger partial charge in [0.2, 0.25) is 0 Å². The lowest BCUT2D eigenvalue weighted by atomic mass is 10.2. The van der Waals surface area contributed by atoms with Crippen molar-refractivity contribution >= 4 is 17.4 Å². The lowest BCUT2D eigenvalue weighted by molar-refractivity contribution is -0.0714. The van der Waals surface area contributed by atoms with Gasteiger partial charge < -0.3 is 15.2 Å². The van der Waals surface area contributed by atoms with Crippen LogP contribution in [0, 0.1) is 0 Å². The molecule has 5 nitrogen and oxygen atoms in total. The molecule has 2 atom stereocenters. The Morgan fingerprint density at radius 2 is 2.10 bits per heavy atom. The van der Waals surface area contributed by atoms with Crippen molar-refractivity contribution in [3.8, 4) is 0 Å². The molecule has 1 saturated heterocycles. The van der Waals surface area contributed by atoms with Crippen LogP contribution in [0.5, 0.6) is 0 Å². The number of ether oxygens (including phenoxy) is 1. The number of hydrogen-bond donors (Lipinski definition) is 2. The van der Waals surface area contributed by atoms with E-state index in [-0.39, 0.29) is 19.0 Å². The average molecular weight is 298 g/mol. The third-order valence-corrected chi connectivity index (χ3v) is 3.60. The predicted octanol–water partition coefficient (Wildman–Crippen LogP) is 1.45. The van der Waals surface area contributed by atoms with Crippen LogP contribution in [-0.2, 0) is 11.3 Å². The fourth-order valence-electron chi connectivity index (χ4n) is 2.26. The van der Waals surface area contributed by atoms with Crippen LogP contribution in [0.15, 0.2) is 29.3 Å². The zero-order chi connectivity index (χ0) is 14.5. The molecule has 1 fully saturated rings. The van der Waals surface area contributed by atoms with Crippen LogP contribution in [0.3, 0.4) is 0 Å². The molecule has 6 heteroatoms. The summed E-state index contributed by atoms with van der Waals surface area (Å²) in [6.45, 7) is 3.09. The highest BCUT2D eigenvalue weighted by atomic mass is 35.5. The van der Waals surface area contributed by atoms with Gasteiger partial charge >= 0.3 is 0 Å². The monoisotopic (exact) mass is 297 g/mol. The Morgan fingerprint density at radius 3 is 2.70 bits per heavy atom. The van der Waals surface area contributed by atoms with Crippen molar-refractivity contribution < 1.29 is 9.84 Å². The number of benzene rings is 1. The average Bonchev–Trinajstić information content (AvgIpc) is 2.75. The van der Waals surface area contributed by atoms with Crippen LogP contribution in [0.25, 0.3) is 0 Å². The highest BCUT2D eigenvalue weighted by Crippen LogP contribution is 2.19. The Kier molecular flexibility index (Phi) is 5.37. The van der Waals surface area contributed by atoms with E-state index in [0.717, 1.165) is 23.0 Å². The first-order valence-corrected chi connectivity index (χ1v) is 6.99. The first-order chi connectivity index (χ1) is 9.65. The van der Waals surface area contributed by atoms with Crippen molar-refractivity contribution in [3.05, 3.63) is 34.9 Å². The molecule has 110 valence electrons. The SMILES string of the molecule is CN=C1NC(OCCO)N(Cc2ccc(Cl)cc2)C1C. The molecule has 20 heavy (non-hydrogen) atoms. The van der Waals surface area contributed by atoms with E-state index in [1.54, 1.807) is 7.05 Å². The molecule has 1 aliphatic rings. The number of nitrogens with zero attached hydrogens (tertiary/aromatic N) is 2. The van der Waals surface area contributed by atoms with E-state index >= 15 is 0 Å². The third kappa shape index (κ3) is 3.49. The molecule has 1 aromatic carbocycles. The Balaban J connectivity index is 2.10. The molecule has 0 saturated carbocycles. The minimum atomic E-state index is -0.272. The highest BCUT2D eigenvalue weighted by Gasteiger charge is 2.35. The smallest absolute Gasteiger partial charge is 0.188 e. The summed E-state index contributed by atoms with van der Waals surface area (Å²) in [4.78, 5) is 6.39. The van der Waals surface area contributed by atoms with E-state index in [2.05, 4.69) is 22.1 Å². The molecule has 1 heterocycles. The molecule has 2 N–H and O–H groups in total. The van der Waals surface area contributed by atoms with E-state index in [1.807, 2.05) is 24.3 Å². The topological polar surface area (TPSA) is 57.1 Å². The minimum absolute atomic E-state index is 0.0000525. The zero-order valence-electron chi connectivity index (χ0n) is 11.7. The summed E-state index contributed by atoms with van der Waals surface area (Å²) in [5.74, 6) is 0.891. The number of rotatable bonds is 5. The van der Waals surface area contributed by atoms with Crippen molar-refractivity contribution in [2.45, 2.75) is 25.9 Å². The van der Waals surface area contributed by atoms with Crippen LogP contribution >= 0.6 is 11.6 Å². The van der Waals surface area contributed by atoms with Gasteiger partial charge in [0.05, 0.1) is 19.3 Å². The van der Waals surface area contributed by atoms with Gasteiger partial charge in [0.25, 0.3) is 0 Å². The molecule has 0 spiro atoms. The molecular weight excluding hydrogens is 278 g/mol. The molecule has 2 unspecified atom stereocenters. The van der Waals surface area contributed by atoms with Gasteiger partial charge in [-0.2, -0.15) is 0 Å². The summed E-state index contributed by atoms with van der Waals surface area (Å²) in [5.41, 5.74) is 1.15. The van der Waals surface area contributed by atoms with Crippen molar-refractivity contribution in [1.29, 1.82) is 0 Å². The maximum Gasteiger partial charge on any atom is 0.188 e. The molecule has 0 aromatic heterocycles. The Labute approximate surface area is 124 Å². The lowest BCUT2D eigenvalue weighted by Gasteiger charge is -2.26. The summed E-state index contributed by atoms with van der Waals surface area (Å²) in [6, 6.07) is 7.89. The molecule has 0 bridgehead atoms. The second-order valence-corrected chi connectivity index (χ2v) is 5.11. The quantitative estimate of drug-likeness (QED) is 0.864.